The summed E-state index contributed by atoms with van der Waals surface area (Å²) in [7, 11) is 0. The van der Waals surface area contributed by atoms with Crippen LogP contribution < -0.4 is 0 Å². The summed E-state index contributed by atoms with van der Waals surface area (Å²) in [5.74, 6) is 0.552. The third-order valence-corrected chi connectivity index (χ3v) is 5.50. The molecule has 0 N–H and O–H groups in total. The lowest BCUT2D eigenvalue weighted by molar-refractivity contribution is -0.145. The highest BCUT2D eigenvalue weighted by Crippen LogP contribution is 2.24. The monoisotopic (exact) mass is 337 g/mol. The Morgan fingerprint density at radius 2 is 1.25 bits per heavy atom. The van der Waals surface area contributed by atoms with E-state index in [0.717, 1.165) is 32.1 Å². The number of nitrogens with zero attached hydrogens (tertiary/aromatic N) is 3. The zero-order valence-corrected chi connectivity index (χ0v) is 14.2. The Hall–Kier alpha value is -1.63. The van der Waals surface area contributed by atoms with Crippen LogP contribution in [0.15, 0.2) is 0 Å². The SMILES string of the molecule is O=CN1CCN(C(=O)C2CCN(C(=O)C3CCOCC3)CC2)CC1. The molecule has 0 unspecified atom stereocenters. The van der Waals surface area contributed by atoms with Gasteiger partial charge in [0, 0.05) is 64.3 Å². The van der Waals surface area contributed by atoms with Crippen LogP contribution in [0.2, 0.25) is 0 Å². The van der Waals surface area contributed by atoms with Crippen LogP contribution in [-0.4, -0.2) is 85.4 Å². The lowest BCUT2D eigenvalue weighted by Gasteiger charge is -2.38. The van der Waals surface area contributed by atoms with Crippen LogP contribution in [-0.2, 0) is 19.1 Å². The number of hydrogen-bond donors (Lipinski definition) is 0. The first-order valence-corrected chi connectivity index (χ1v) is 9.03. The Labute approximate surface area is 142 Å². The van der Waals surface area contributed by atoms with Crippen LogP contribution in [0.1, 0.15) is 25.7 Å². The van der Waals surface area contributed by atoms with Gasteiger partial charge in [-0.25, -0.2) is 0 Å². The van der Waals surface area contributed by atoms with Crippen LogP contribution in [0.4, 0.5) is 0 Å². The van der Waals surface area contributed by atoms with Crippen molar-refractivity contribution in [1.82, 2.24) is 14.7 Å². The number of rotatable bonds is 3. The first kappa shape index (κ1) is 17.2. The average molecular weight is 337 g/mol. The summed E-state index contributed by atoms with van der Waals surface area (Å²) in [5, 5.41) is 0. The molecule has 3 aliphatic heterocycles. The van der Waals surface area contributed by atoms with Crippen LogP contribution in [0, 0.1) is 11.8 Å². The molecule has 134 valence electrons. The molecule has 3 saturated heterocycles. The highest BCUT2D eigenvalue weighted by Gasteiger charge is 2.33. The smallest absolute Gasteiger partial charge is 0.225 e. The van der Waals surface area contributed by atoms with Gasteiger partial charge >= 0.3 is 0 Å². The first-order chi connectivity index (χ1) is 11.7. The van der Waals surface area contributed by atoms with Gasteiger partial charge in [0.15, 0.2) is 0 Å². The quantitative estimate of drug-likeness (QED) is 0.677. The number of amides is 3. The topological polar surface area (TPSA) is 70.2 Å². The minimum absolute atomic E-state index is 0.0199. The average Bonchev–Trinajstić information content (AvgIpc) is 2.68. The van der Waals surface area contributed by atoms with Gasteiger partial charge in [-0.15, -0.1) is 0 Å². The van der Waals surface area contributed by atoms with Crippen molar-refractivity contribution in [3.8, 4) is 0 Å². The van der Waals surface area contributed by atoms with Crippen molar-refractivity contribution in [1.29, 1.82) is 0 Å². The molecule has 7 nitrogen and oxygen atoms in total. The maximum atomic E-state index is 12.6. The molecule has 3 heterocycles. The third kappa shape index (κ3) is 3.88. The van der Waals surface area contributed by atoms with Crippen LogP contribution in [0.5, 0.6) is 0 Å². The van der Waals surface area contributed by atoms with E-state index in [4.69, 9.17) is 4.74 Å². The van der Waals surface area contributed by atoms with Crippen molar-refractivity contribution in [3.05, 3.63) is 0 Å². The number of likely N-dealkylation sites (tertiary alicyclic amines) is 1. The van der Waals surface area contributed by atoms with Gasteiger partial charge in [-0.3, -0.25) is 14.4 Å². The van der Waals surface area contributed by atoms with E-state index in [1.807, 2.05) is 9.80 Å². The fraction of sp³-hybridized carbons (Fsp3) is 0.824. The van der Waals surface area contributed by atoms with E-state index in [1.54, 1.807) is 4.90 Å². The number of piperidine rings is 1. The fourth-order valence-electron chi connectivity index (χ4n) is 3.86. The molecule has 7 heteroatoms. The molecule has 3 rings (SSSR count). The summed E-state index contributed by atoms with van der Waals surface area (Å²) in [6.45, 7) is 5.21. The van der Waals surface area contributed by atoms with E-state index < -0.39 is 0 Å². The molecule has 0 atom stereocenters. The normalized spacial score (nSPS) is 24.1. The lowest BCUT2D eigenvalue weighted by atomic mass is 9.92. The zero-order valence-electron chi connectivity index (χ0n) is 14.2. The molecular weight excluding hydrogens is 310 g/mol. The van der Waals surface area contributed by atoms with Gasteiger partial charge in [0.2, 0.25) is 18.2 Å². The predicted octanol–water partition coefficient (Wildman–Crippen LogP) is -0.0478. The molecule has 0 bridgehead atoms. The summed E-state index contributed by atoms with van der Waals surface area (Å²) in [6.07, 6.45) is 3.99. The highest BCUT2D eigenvalue weighted by molar-refractivity contribution is 5.81. The number of ether oxygens (including phenoxy) is 1. The second-order valence-corrected chi connectivity index (χ2v) is 6.95. The Bertz CT molecular complexity index is 462. The molecule has 3 amide bonds. The van der Waals surface area contributed by atoms with Gasteiger partial charge in [0.1, 0.15) is 0 Å². The van der Waals surface area contributed by atoms with Crippen molar-refractivity contribution in [2.45, 2.75) is 25.7 Å². The largest absolute Gasteiger partial charge is 0.381 e. The third-order valence-electron chi connectivity index (χ3n) is 5.50. The molecule has 0 saturated carbocycles. The molecule has 0 aromatic rings. The van der Waals surface area contributed by atoms with Crippen molar-refractivity contribution < 1.29 is 19.1 Å². The van der Waals surface area contributed by atoms with Crippen LogP contribution >= 0.6 is 0 Å². The number of carbonyl (C=O) groups excluding carboxylic acids is 3. The van der Waals surface area contributed by atoms with Crippen molar-refractivity contribution in [3.63, 3.8) is 0 Å². The number of carbonyl (C=O) groups is 3. The summed E-state index contributed by atoms with van der Waals surface area (Å²) in [6, 6.07) is 0. The Kier molecular flexibility index (Phi) is 5.71. The Morgan fingerprint density at radius 1 is 0.750 bits per heavy atom. The maximum Gasteiger partial charge on any atom is 0.225 e. The Balaban J connectivity index is 1.45. The minimum atomic E-state index is 0.0199. The van der Waals surface area contributed by atoms with E-state index in [2.05, 4.69) is 0 Å². The van der Waals surface area contributed by atoms with Gasteiger partial charge < -0.3 is 19.4 Å². The summed E-state index contributed by atoms with van der Waals surface area (Å²) < 4.78 is 5.32. The molecule has 0 aliphatic carbocycles. The van der Waals surface area contributed by atoms with E-state index >= 15 is 0 Å². The van der Waals surface area contributed by atoms with Gasteiger partial charge in [-0.2, -0.15) is 0 Å². The van der Waals surface area contributed by atoms with Gasteiger partial charge in [-0.1, -0.05) is 0 Å². The van der Waals surface area contributed by atoms with E-state index in [9.17, 15) is 14.4 Å². The fourth-order valence-corrected chi connectivity index (χ4v) is 3.86. The standard InChI is InChI=1S/C17H27N3O4/c21-13-18-7-9-20(10-8-18)16(22)14-1-5-19(6-2-14)17(23)15-3-11-24-12-4-15/h13-15H,1-12H2. The zero-order chi connectivity index (χ0) is 16.9. The second kappa shape index (κ2) is 7.96. The second-order valence-electron chi connectivity index (χ2n) is 6.95. The predicted molar refractivity (Wildman–Crippen MR) is 87.1 cm³/mol. The number of piperazine rings is 1. The molecule has 0 spiro atoms. The van der Waals surface area contributed by atoms with E-state index in [0.29, 0.717) is 52.5 Å². The lowest BCUT2D eigenvalue weighted by Crippen LogP contribution is -2.52. The molecule has 3 fully saturated rings. The maximum absolute atomic E-state index is 12.6. The number of hydrogen-bond acceptors (Lipinski definition) is 4. The minimum Gasteiger partial charge on any atom is -0.381 e. The molecular formula is C17H27N3O4. The highest BCUT2D eigenvalue weighted by atomic mass is 16.5. The van der Waals surface area contributed by atoms with E-state index in [1.165, 1.54) is 0 Å². The van der Waals surface area contributed by atoms with Gasteiger partial charge in [0.25, 0.3) is 0 Å². The molecule has 0 aromatic carbocycles. The van der Waals surface area contributed by atoms with Crippen molar-refractivity contribution in [2.75, 3.05) is 52.5 Å². The van der Waals surface area contributed by atoms with Gasteiger partial charge in [-0.05, 0) is 25.7 Å². The van der Waals surface area contributed by atoms with Crippen molar-refractivity contribution in [2.24, 2.45) is 11.8 Å². The summed E-state index contributed by atoms with van der Waals surface area (Å²) in [4.78, 5) is 41.4. The van der Waals surface area contributed by atoms with E-state index in [-0.39, 0.29) is 23.7 Å². The summed E-state index contributed by atoms with van der Waals surface area (Å²) in [5.41, 5.74) is 0. The molecule has 3 aliphatic rings. The molecule has 0 aromatic heterocycles. The van der Waals surface area contributed by atoms with Crippen molar-refractivity contribution >= 4 is 18.2 Å². The van der Waals surface area contributed by atoms with Crippen LogP contribution in [0.25, 0.3) is 0 Å². The summed E-state index contributed by atoms with van der Waals surface area (Å²) >= 11 is 0. The molecule has 0 radical (unpaired) electrons. The van der Waals surface area contributed by atoms with Gasteiger partial charge in [0.05, 0.1) is 0 Å². The Morgan fingerprint density at radius 3 is 1.79 bits per heavy atom. The van der Waals surface area contributed by atoms with Crippen LogP contribution in [0.3, 0.4) is 0 Å². The first-order valence-electron chi connectivity index (χ1n) is 9.03. The molecule has 24 heavy (non-hydrogen) atoms.